The third kappa shape index (κ3) is 2.60. The quantitative estimate of drug-likeness (QED) is 0.682. The van der Waals surface area contributed by atoms with Gasteiger partial charge in [-0.3, -0.25) is 15.0 Å². The number of nitrogens with one attached hydrogen (secondary N) is 1. The Morgan fingerprint density at radius 1 is 1.25 bits per heavy atom. The first-order valence-electron chi connectivity index (χ1n) is 7.09. The van der Waals surface area contributed by atoms with Gasteiger partial charge >= 0.3 is 0 Å². The van der Waals surface area contributed by atoms with Gasteiger partial charge in [0.15, 0.2) is 0 Å². The van der Waals surface area contributed by atoms with Crippen LogP contribution in [0.3, 0.4) is 0 Å². The summed E-state index contributed by atoms with van der Waals surface area (Å²) in [5.41, 5.74) is 0.306. The van der Waals surface area contributed by atoms with E-state index < -0.39 is 10.7 Å². The smallest absolute Gasteiger partial charge is 0.274 e. The minimum Gasteiger partial charge on any atom is -0.380 e. The van der Waals surface area contributed by atoms with Crippen molar-refractivity contribution in [2.75, 3.05) is 18.4 Å². The molecule has 2 aliphatic heterocycles. The summed E-state index contributed by atoms with van der Waals surface area (Å²) in [4.78, 5) is 12.7. The van der Waals surface area contributed by atoms with E-state index in [-0.39, 0.29) is 11.7 Å². The molecule has 2 saturated heterocycles. The van der Waals surface area contributed by atoms with Crippen molar-refractivity contribution in [3.8, 4) is 0 Å². The van der Waals surface area contributed by atoms with E-state index in [1.54, 1.807) is 0 Å². The van der Waals surface area contributed by atoms with E-state index in [2.05, 4.69) is 10.2 Å². The van der Waals surface area contributed by atoms with Crippen LogP contribution in [0, 0.1) is 15.9 Å². The number of fused-ring (bicyclic) bond motifs is 1. The molecule has 108 valence electrons. The predicted molar refractivity (Wildman–Crippen MR) is 74.3 cm³/mol. The van der Waals surface area contributed by atoms with E-state index in [4.69, 9.17) is 0 Å². The zero-order chi connectivity index (χ0) is 14.1. The lowest BCUT2D eigenvalue weighted by molar-refractivity contribution is -0.385. The second-order valence-electron chi connectivity index (χ2n) is 5.59. The summed E-state index contributed by atoms with van der Waals surface area (Å²) in [6.45, 7) is 2.19. The van der Waals surface area contributed by atoms with Crippen molar-refractivity contribution in [3.63, 3.8) is 0 Å². The molecule has 20 heavy (non-hydrogen) atoms. The van der Waals surface area contributed by atoms with E-state index in [1.807, 2.05) is 0 Å². The van der Waals surface area contributed by atoms with Gasteiger partial charge in [0.2, 0.25) is 0 Å². The average molecular weight is 279 g/mol. The second-order valence-corrected chi connectivity index (χ2v) is 5.59. The minimum absolute atomic E-state index is 0.203. The van der Waals surface area contributed by atoms with E-state index in [0.29, 0.717) is 11.7 Å². The molecule has 2 fully saturated rings. The molecule has 0 bridgehead atoms. The van der Waals surface area contributed by atoms with Crippen molar-refractivity contribution < 1.29 is 9.31 Å². The molecule has 0 saturated carbocycles. The summed E-state index contributed by atoms with van der Waals surface area (Å²) < 4.78 is 13.4. The Hall–Kier alpha value is -1.69. The van der Waals surface area contributed by atoms with E-state index in [0.717, 1.165) is 32.0 Å². The number of piperidine rings is 1. The number of benzene rings is 1. The van der Waals surface area contributed by atoms with Crippen molar-refractivity contribution in [3.05, 3.63) is 34.1 Å². The Morgan fingerprint density at radius 2 is 2.10 bits per heavy atom. The fourth-order valence-corrected chi connectivity index (χ4v) is 3.39. The van der Waals surface area contributed by atoms with Crippen LogP contribution < -0.4 is 5.32 Å². The van der Waals surface area contributed by atoms with Gasteiger partial charge in [0.25, 0.3) is 5.69 Å². The first-order valence-corrected chi connectivity index (χ1v) is 7.09. The highest BCUT2D eigenvalue weighted by molar-refractivity contribution is 5.52. The van der Waals surface area contributed by atoms with Crippen molar-refractivity contribution in [2.24, 2.45) is 0 Å². The molecule has 1 aromatic rings. The third-order valence-electron chi connectivity index (χ3n) is 4.30. The van der Waals surface area contributed by atoms with E-state index >= 15 is 0 Å². The largest absolute Gasteiger partial charge is 0.380 e. The number of hydrogen-bond donors (Lipinski definition) is 1. The van der Waals surface area contributed by atoms with Crippen LogP contribution in [0.25, 0.3) is 0 Å². The zero-order valence-corrected chi connectivity index (χ0v) is 11.2. The zero-order valence-electron chi connectivity index (χ0n) is 11.2. The maximum absolute atomic E-state index is 13.4. The van der Waals surface area contributed by atoms with Gasteiger partial charge in [-0.1, -0.05) is 6.42 Å². The first-order chi connectivity index (χ1) is 9.63. The summed E-state index contributed by atoms with van der Waals surface area (Å²) >= 11 is 0. The molecule has 0 amide bonds. The Bertz CT molecular complexity index is 523. The highest BCUT2D eigenvalue weighted by Crippen LogP contribution is 2.30. The van der Waals surface area contributed by atoms with Crippen molar-refractivity contribution in [2.45, 2.75) is 37.8 Å². The minimum atomic E-state index is -0.569. The molecule has 0 aliphatic carbocycles. The summed E-state index contributed by atoms with van der Waals surface area (Å²) in [6.07, 6.45) is 4.63. The highest BCUT2D eigenvalue weighted by Gasteiger charge is 2.35. The number of nitro benzene ring substituents is 1. The molecule has 1 aromatic carbocycles. The van der Waals surface area contributed by atoms with E-state index in [9.17, 15) is 14.5 Å². The Balaban J connectivity index is 1.76. The normalized spacial score (nSPS) is 26.2. The Labute approximate surface area is 116 Å². The number of hydrogen-bond acceptors (Lipinski definition) is 4. The van der Waals surface area contributed by atoms with Gasteiger partial charge < -0.3 is 5.32 Å². The molecule has 2 heterocycles. The van der Waals surface area contributed by atoms with Gasteiger partial charge in [0, 0.05) is 30.4 Å². The average Bonchev–Trinajstić information content (AvgIpc) is 2.82. The van der Waals surface area contributed by atoms with Gasteiger partial charge in [-0.15, -0.1) is 0 Å². The fraction of sp³-hybridized carbons (Fsp3) is 0.571. The molecule has 1 N–H and O–H groups in total. The molecule has 0 aromatic heterocycles. The lowest BCUT2D eigenvalue weighted by Gasteiger charge is -2.32. The third-order valence-corrected chi connectivity index (χ3v) is 4.30. The number of nitro groups is 1. The monoisotopic (exact) mass is 279 g/mol. The number of halogens is 1. The fourth-order valence-electron chi connectivity index (χ4n) is 3.39. The molecule has 2 aliphatic rings. The maximum Gasteiger partial charge on any atom is 0.274 e. The number of non-ortho nitro benzene ring substituents is 1. The Morgan fingerprint density at radius 3 is 2.90 bits per heavy atom. The molecule has 5 nitrogen and oxygen atoms in total. The Kier molecular flexibility index (Phi) is 3.56. The lowest BCUT2D eigenvalue weighted by Crippen LogP contribution is -2.41. The summed E-state index contributed by atoms with van der Waals surface area (Å²) in [7, 11) is 0. The number of anilines is 1. The molecular formula is C14H18FN3O2. The van der Waals surface area contributed by atoms with E-state index in [1.165, 1.54) is 25.0 Å². The van der Waals surface area contributed by atoms with Crippen LogP contribution in [0.5, 0.6) is 0 Å². The molecule has 2 atom stereocenters. The molecular weight excluding hydrogens is 261 g/mol. The van der Waals surface area contributed by atoms with Gasteiger partial charge in [0.1, 0.15) is 5.82 Å². The van der Waals surface area contributed by atoms with Gasteiger partial charge in [-0.2, -0.15) is 0 Å². The van der Waals surface area contributed by atoms with Crippen molar-refractivity contribution >= 4 is 11.4 Å². The van der Waals surface area contributed by atoms with Crippen molar-refractivity contribution in [1.82, 2.24) is 4.90 Å². The SMILES string of the molecule is O=[N+]([O-])c1cc(F)cc(NC2CCN3CCCCC23)c1. The lowest BCUT2D eigenvalue weighted by atomic mass is 9.99. The van der Waals surface area contributed by atoms with Crippen LogP contribution in [0.4, 0.5) is 15.8 Å². The topological polar surface area (TPSA) is 58.4 Å². The molecule has 0 spiro atoms. The summed E-state index contributed by atoms with van der Waals surface area (Å²) in [5.74, 6) is -0.569. The van der Waals surface area contributed by atoms with Crippen molar-refractivity contribution in [1.29, 1.82) is 0 Å². The summed E-state index contributed by atoms with van der Waals surface area (Å²) in [6, 6.07) is 4.43. The number of rotatable bonds is 3. The van der Waals surface area contributed by atoms with Gasteiger partial charge in [0.05, 0.1) is 11.0 Å². The highest BCUT2D eigenvalue weighted by atomic mass is 19.1. The molecule has 3 rings (SSSR count). The van der Waals surface area contributed by atoms with Crippen LogP contribution in [0.1, 0.15) is 25.7 Å². The van der Waals surface area contributed by atoms with Crippen LogP contribution >= 0.6 is 0 Å². The predicted octanol–water partition coefficient (Wildman–Crippen LogP) is 2.77. The van der Waals surface area contributed by atoms with Gasteiger partial charge in [-0.05, 0) is 31.9 Å². The molecule has 0 radical (unpaired) electrons. The molecule has 6 heteroatoms. The molecule has 2 unspecified atom stereocenters. The number of nitrogens with zero attached hydrogens (tertiary/aromatic N) is 2. The first kappa shape index (κ1) is 13.3. The second kappa shape index (κ2) is 5.36. The maximum atomic E-state index is 13.4. The van der Waals surface area contributed by atoms with Crippen LogP contribution in [-0.4, -0.2) is 35.0 Å². The van der Waals surface area contributed by atoms with Gasteiger partial charge in [-0.25, -0.2) is 4.39 Å². The van der Waals surface area contributed by atoms with Crippen LogP contribution in [-0.2, 0) is 0 Å². The van der Waals surface area contributed by atoms with Crippen LogP contribution in [0.15, 0.2) is 18.2 Å². The van der Waals surface area contributed by atoms with Crippen LogP contribution in [0.2, 0.25) is 0 Å². The summed E-state index contributed by atoms with van der Waals surface area (Å²) in [5, 5.41) is 14.1. The standard InChI is InChI=1S/C14H18FN3O2/c15-10-7-11(9-12(8-10)18(19)20)16-13-4-6-17-5-2-1-3-14(13)17/h7-9,13-14,16H,1-6H2.